The molecule has 2 heterocycles. The van der Waals surface area contributed by atoms with E-state index in [1.807, 2.05) is 52.4 Å². The number of carbonyl (C=O) groups is 1. The Kier molecular flexibility index (Phi) is 22.4. The second-order valence-electron chi connectivity index (χ2n) is 9.38. The first-order valence-corrected chi connectivity index (χ1v) is 16.3. The number of nitrogens with one attached hydrogen (secondary N) is 1. The predicted octanol–water partition coefficient (Wildman–Crippen LogP) is 8.33. The number of aromatic nitrogens is 4. The Hall–Kier alpha value is -3.86. The van der Waals surface area contributed by atoms with Crippen molar-refractivity contribution in [2.45, 2.75) is 113 Å². The van der Waals surface area contributed by atoms with Gasteiger partial charge in [0.1, 0.15) is 5.75 Å². The molecule has 0 saturated carbocycles. The number of unbranched alkanes of at least 4 members (excludes halogenated alkanes) is 1. The number of nitrogens with two attached hydrogens (primary N) is 2. The van der Waals surface area contributed by atoms with E-state index in [2.05, 4.69) is 34.2 Å². The van der Waals surface area contributed by atoms with Crippen molar-refractivity contribution in [3.63, 3.8) is 0 Å². The van der Waals surface area contributed by atoms with E-state index >= 15 is 0 Å². The first kappa shape index (κ1) is 40.1. The first-order chi connectivity index (χ1) is 21.4. The van der Waals surface area contributed by atoms with Gasteiger partial charge in [0.25, 0.3) is 0 Å². The van der Waals surface area contributed by atoms with E-state index in [0.29, 0.717) is 48.3 Å². The minimum atomic E-state index is -0.798. The highest BCUT2D eigenvalue weighted by molar-refractivity contribution is 5.71. The summed E-state index contributed by atoms with van der Waals surface area (Å²) in [5.74, 6) is 7.66. The second kappa shape index (κ2) is 24.6. The number of aliphatic carboxylic acids is 1. The molecule has 0 bridgehead atoms. The topological polar surface area (TPSA) is 157 Å². The molecule has 1 aromatic carbocycles. The Bertz CT molecular complexity index is 1130. The standard InChI is InChI=1S/C27H40N8O3.3C2H6/c1-3-7-20(8-4-2)14-15-34-19-21(17-31-34)32-27-30-18-24(28)26(33-27)35(29)22-10-12-23(13-11-22)38-16-6-5-9-25(36)37;3*1-2/h10-13,17-20H,3-9,14-16,28-29H2,1-2H3,(H,36,37)(H,30,32,33);3*1-2H3. The zero-order valence-corrected chi connectivity index (χ0v) is 28.3. The monoisotopic (exact) mass is 614 g/mol. The number of nitrogens with zero attached hydrogens (tertiary/aromatic N) is 5. The van der Waals surface area contributed by atoms with Gasteiger partial charge in [0.2, 0.25) is 5.95 Å². The van der Waals surface area contributed by atoms with Crippen LogP contribution in [0, 0.1) is 5.92 Å². The van der Waals surface area contributed by atoms with Crippen LogP contribution < -0.4 is 26.6 Å². The Labute approximate surface area is 265 Å². The number of carboxylic acid groups (broad SMARTS) is 1. The fraction of sp³-hybridized carbons (Fsp3) is 0.576. The lowest BCUT2D eigenvalue weighted by Gasteiger charge is -2.20. The summed E-state index contributed by atoms with van der Waals surface area (Å²) >= 11 is 0. The summed E-state index contributed by atoms with van der Waals surface area (Å²) in [4.78, 5) is 19.4. The van der Waals surface area contributed by atoms with E-state index in [1.54, 1.807) is 30.5 Å². The van der Waals surface area contributed by atoms with Gasteiger partial charge in [0.15, 0.2) is 5.82 Å². The van der Waals surface area contributed by atoms with Gasteiger partial charge in [0, 0.05) is 19.2 Å². The van der Waals surface area contributed by atoms with E-state index in [9.17, 15) is 4.79 Å². The van der Waals surface area contributed by atoms with Crippen LogP contribution in [0.1, 0.15) is 107 Å². The Morgan fingerprint density at radius 1 is 1.00 bits per heavy atom. The van der Waals surface area contributed by atoms with E-state index < -0.39 is 5.97 Å². The molecule has 3 rings (SSSR count). The summed E-state index contributed by atoms with van der Waals surface area (Å²) < 4.78 is 7.62. The maximum Gasteiger partial charge on any atom is 0.303 e. The molecule has 0 fully saturated rings. The van der Waals surface area contributed by atoms with Gasteiger partial charge in [-0.15, -0.1) is 0 Å². The van der Waals surface area contributed by atoms with Crippen LogP contribution in [0.15, 0.2) is 42.9 Å². The molecule has 0 spiro atoms. The molecule has 0 aliphatic rings. The molecule has 3 aromatic rings. The van der Waals surface area contributed by atoms with Gasteiger partial charge in [-0.3, -0.25) is 14.5 Å². The van der Waals surface area contributed by atoms with Crippen LogP contribution in [0.5, 0.6) is 5.75 Å². The summed E-state index contributed by atoms with van der Waals surface area (Å²) in [6.45, 7) is 17.8. The number of anilines is 5. The van der Waals surface area contributed by atoms with E-state index in [1.165, 1.54) is 36.9 Å². The van der Waals surface area contributed by atoms with Gasteiger partial charge in [-0.25, -0.2) is 10.8 Å². The molecule has 0 saturated heterocycles. The molecule has 11 nitrogen and oxygen atoms in total. The molecule has 0 radical (unpaired) electrons. The zero-order valence-electron chi connectivity index (χ0n) is 28.3. The lowest BCUT2D eigenvalue weighted by atomic mass is 9.95. The van der Waals surface area contributed by atoms with Crippen molar-refractivity contribution in [1.82, 2.24) is 19.7 Å². The van der Waals surface area contributed by atoms with Crippen molar-refractivity contribution in [1.29, 1.82) is 0 Å². The SMILES string of the molecule is CC.CC.CC.CCCC(CCC)CCn1cc(Nc2ncc(N)c(N(N)c3ccc(OCCCCC(=O)O)cc3)n2)cn1. The fourth-order valence-corrected chi connectivity index (χ4v) is 4.27. The number of carboxylic acids is 1. The van der Waals surface area contributed by atoms with Gasteiger partial charge in [-0.05, 0) is 49.4 Å². The third kappa shape index (κ3) is 15.0. The molecule has 0 aliphatic carbocycles. The molecule has 0 amide bonds. The molecule has 248 valence electrons. The van der Waals surface area contributed by atoms with Gasteiger partial charge in [-0.2, -0.15) is 10.1 Å². The van der Waals surface area contributed by atoms with Crippen LogP contribution in [-0.4, -0.2) is 37.4 Å². The number of aryl methyl sites for hydroxylation is 1. The third-order valence-corrected chi connectivity index (χ3v) is 6.24. The number of benzene rings is 1. The lowest BCUT2D eigenvalue weighted by Crippen LogP contribution is -2.27. The maximum absolute atomic E-state index is 10.6. The Balaban J connectivity index is 0.00000290. The summed E-state index contributed by atoms with van der Waals surface area (Å²) in [5.41, 5.74) is 7.92. The number of ether oxygens (including phenoxy) is 1. The fourth-order valence-electron chi connectivity index (χ4n) is 4.27. The molecule has 11 heteroatoms. The van der Waals surface area contributed by atoms with E-state index in [-0.39, 0.29) is 6.42 Å². The summed E-state index contributed by atoms with van der Waals surface area (Å²) in [6.07, 6.45) is 12.6. The van der Waals surface area contributed by atoms with Gasteiger partial charge in [0.05, 0.1) is 36.1 Å². The molecular weight excluding hydrogens is 556 g/mol. The van der Waals surface area contributed by atoms with Crippen LogP contribution in [0.25, 0.3) is 0 Å². The first-order valence-electron chi connectivity index (χ1n) is 16.3. The minimum absolute atomic E-state index is 0.141. The van der Waals surface area contributed by atoms with Crippen LogP contribution in [0.3, 0.4) is 0 Å². The smallest absolute Gasteiger partial charge is 0.303 e. The Morgan fingerprint density at radius 3 is 2.23 bits per heavy atom. The van der Waals surface area contributed by atoms with Crippen molar-refractivity contribution in [3.05, 3.63) is 42.9 Å². The average Bonchev–Trinajstić information content (AvgIpc) is 3.50. The van der Waals surface area contributed by atoms with Crippen molar-refractivity contribution < 1.29 is 14.6 Å². The number of hydrogen-bond donors (Lipinski definition) is 4. The summed E-state index contributed by atoms with van der Waals surface area (Å²) in [5, 5.41) is 17.8. The highest BCUT2D eigenvalue weighted by atomic mass is 16.5. The predicted molar refractivity (Wildman–Crippen MR) is 184 cm³/mol. The van der Waals surface area contributed by atoms with Crippen molar-refractivity contribution in [2.75, 3.05) is 22.7 Å². The van der Waals surface area contributed by atoms with Gasteiger partial charge >= 0.3 is 5.97 Å². The zero-order chi connectivity index (χ0) is 33.3. The van der Waals surface area contributed by atoms with Crippen LogP contribution in [-0.2, 0) is 11.3 Å². The molecule has 0 aliphatic heterocycles. The average molecular weight is 615 g/mol. The molecule has 6 N–H and O–H groups in total. The largest absolute Gasteiger partial charge is 0.494 e. The third-order valence-electron chi connectivity index (χ3n) is 6.24. The quantitative estimate of drug-likeness (QED) is 0.0661. The second-order valence-corrected chi connectivity index (χ2v) is 9.38. The number of rotatable bonds is 17. The molecule has 44 heavy (non-hydrogen) atoms. The molecule has 0 unspecified atom stereocenters. The summed E-state index contributed by atoms with van der Waals surface area (Å²) in [6, 6.07) is 7.19. The number of hydrogen-bond acceptors (Lipinski definition) is 9. The summed E-state index contributed by atoms with van der Waals surface area (Å²) in [7, 11) is 0. The molecule has 2 aromatic heterocycles. The highest BCUT2D eigenvalue weighted by Gasteiger charge is 2.14. The van der Waals surface area contributed by atoms with E-state index in [4.69, 9.17) is 21.4 Å². The minimum Gasteiger partial charge on any atom is -0.494 e. The Morgan fingerprint density at radius 2 is 1.64 bits per heavy atom. The van der Waals surface area contributed by atoms with Crippen molar-refractivity contribution in [2.24, 2.45) is 11.8 Å². The van der Waals surface area contributed by atoms with E-state index in [0.717, 1.165) is 24.6 Å². The van der Waals surface area contributed by atoms with Crippen molar-refractivity contribution in [3.8, 4) is 5.75 Å². The van der Waals surface area contributed by atoms with Crippen LogP contribution in [0.2, 0.25) is 0 Å². The van der Waals surface area contributed by atoms with Crippen molar-refractivity contribution >= 4 is 34.8 Å². The van der Waals surface area contributed by atoms with Crippen LogP contribution in [0.4, 0.5) is 28.8 Å². The number of nitrogen functional groups attached to an aromatic ring is 1. The van der Waals surface area contributed by atoms with Gasteiger partial charge in [-0.1, -0.05) is 81.1 Å². The normalized spacial score (nSPS) is 9.95. The van der Waals surface area contributed by atoms with Gasteiger partial charge < -0.3 is 20.9 Å². The molecule has 0 atom stereocenters. The number of hydrazine groups is 1. The maximum atomic E-state index is 10.6. The lowest BCUT2D eigenvalue weighted by molar-refractivity contribution is -0.137. The molecular formula is C33H58N8O3. The van der Waals surface area contributed by atoms with Crippen LogP contribution >= 0.6 is 0 Å². The highest BCUT2D eigenvalue weighted by Crippen LogP contribution is 2.28.